The fourth-order valence-electron chi connectivity index (χ4n) is 0.889. The molecule has 0 saturated heterocycles. The summed E-state index contributed by atoms with van der Waals surface area (Å²) in [6.07, 6.45) is 2.10. The maximum absolute atomic E-state index is 9.01. The fourth-order valence-corrected chi connectivity index (χ4v) is 0.889. The zero-order valence-corrected chi connectivity index (χ0v) is 6.86. The minimum absolute atomic E-state index is 0.336. The van der Waals surface area contributed by atoms with Crippen molar-refractivity contribution in [3.63, 3.8) is 0 Å². The van der Waals surface area contributed by atoms with Crippen LogP contribution in [0.2, 0.25) is 0 Å². The molecule has 0 radical (unpaired) electrons. The lowest BCUT2D eigenvalue weighted by Gasteiger charge is -1.96. The second kappa shape index (κ2) is 3.48. The molecule has 4 nitrogen and oxygen atoms in total. The molecule has 1 rings (SSSR count). The Morgan fingerprint density at radius 1 is 1.73 bits per heavy atom. The van der Waals surface area contributed by atoms with E-state index in [4.69, 9.17) is 5.11 Å². The molecule has 4 heteroatoms. The van der Waals surface area contributed by atoms with E-state index in [0.717, 1.165) is 12.2 Å². The molecule has 1 aromatic heterocycles. The van der Waals surface area contributed by atoms with E-state index in [-0.39, 0.29) is 6.10 Å². The minimum Gasteiger partial charge on any atom is -0.393 e. The van der Waals surface area contributed by atoms with E-state index >= 15 is 0 Å². The Bertz CT molecular complexity index is 219. The largest absolute Gasteiger partial charge is 0.393 e. The molecule has 1 N–H and O–H groups in total. The number of nitrogens with zero attached hydrogens (tertiary/aromatic N) is 3. The van der Waals surface area contributed by atoms with Crippen molar-refractivity contribution in [3.05, 3.63) is 11.9 Å². The van der Waals surface area contributed by atoms with Crippen LogP contribution in [0.25, 0.3) is 0 Å². The van der Waals surface area contributed by atoms with Crippen LogP contribution in [0, 0.1) is 0 Å². The van der Waals surface area contributed by atoms with Gasteiger partial charge in [-0.2, -0.15) is 0 Å². The first-order chi connectivity index (χ1) is 5.22. The van der Waals surface area contributed by atoms with Gasteiger partial charge in [0.25, 0.3) is 0 Å². The highest BCUT2D eigenvalue weighted by Gasteiger charge is 2.02. The molecule has 1 heterocycles. The van der Waals surface area contributed by atoms with Crippen molar-refractivity contribution in [2.45, 2.75) is 32.9 Å². The van der Waals surface area contributed by atoms with Crippen LogP contribution in [0.3, 0.4) is 0 Å². The predicted molar refractivity (Wildman–Crippen MR) is 41.1 cm³/mol. The van der Waals surface area contributed by atoms with Gasteiger partial charge >= 0.3 is 0 Å². The molecule has 0 spiro atoms. The highest BCUT2D eigenvalue weighted by molar-refractivity contribution is 4.93. The summed E-state index contributed by atoms with van der Waals surface area (Å²) in [7, 11) is 0. The normalized spacial score (nSPS) is 13.4. The van der Waals surface area contributed by atoms with Crippen molar-refractivity contribution in [1.82, 2.24) is 15.0 Å². The van der Waals surface area contributed by atoms with E-state index in [1.165, 1.54) is 0 Å². The molecule has 0 aliphatic carbocycles. The van der Waals surface area contributed by atoms with Gasteiger partial charge in [0, 0.05) is 19.2 Å². The van der Waals surface area contributed by atoms with Crippen LogP contribution in [0.1, 0.15) is 19.5 Å². The van der Waals surface area contributed by atoms with Gasteiger partial charge in [0.1, 0.15) is 0 Å². The Kier molecular flexibility index (Phi) is 2.59. The lowest BCUT2D eigenvalue weighted by Crippen LogP contribution is -2.04. The van der Waals surface area contributed by atoms with Gasteiger partial charge in [0.05, 0.1) is 11.8 Å². The summed E-state index contributed by atoms with van der Waals surface area (Å²) in [6, 6.07) is 0. The molecule has 0 bridgehead atoms. The van der Waals surface area contributed by atoms with Gasteiger partial charge in [0.2, 0.25) is 0 Å². The smallest absolute Gasteiger partial charge is 0.0852 e. The molecule has 0 fully saturated rings. The summed E-state index contributed by atoms with van der Waals surface area (Å²) in [5.74, 6) is 0. The number of aliphatic hydroxyl groups excluding tert-OH is 1. The lowest BCUT2D eigenvalue weighted by molar-refractivity contribution is 0.194. The number of aliphatic hydroxyl groups is 1. The van der Waals surface area contributed by atoms with Gasteiger partial charge in [-0.15, -0.1) is 5.10 Å². The van der Waals surface area contributed by atoms with E-state index in [1.807, 2.05) is 13.1 Å². The number of aromatic nitrogens is 3. The third kappa shape index (κ3) is 2.31. The van der Waals surface area contributed by atoms with Crippen molar-refractivity contribution in [1.29, 1.82) is 0 Å². The van der Waals surface area contributed by atoms with Gasteiger partial charge in [-0.25, -0.2) is 0 Å². The van der Waals surface area contributed by atoms with E-state index in [9.17, 15) is 0 Å². The van der Waals surface area contributed by atoms with Crippen molar-refractivity contribution in [2.24, 2.45) is 0 Å². The average Bonchev–Trinajstić information content (AvgIpc) is 2.34. The Morgan fingerprint density at radius 3 is 2.91 bits per heavy atom. The highest BCUT2D eigenvalue weighted by Crippen LogP contribution is 1.97. The molecule has 0 aliphatic heterocycles. The van der Waals surface area contributed by atoms with Crippen LogP contribution in [0.4, 0.5) is 0 Å². The first-order valence-electron chi connectivity index (χ1n) is 3.79. The minimum atomic E-state index is -0.336. The van der Waals surface area contributed by atoms with Crippen molar-refractivity contribution < 1.29 is 5.11 Å². The van der Waals surface area contributed by atoms with E-state index < -0.39 is 0 Å². The average molecular weight is 155 g/mol. The maximum atomic E-state index is 9.01. The zero-order valence-electron chi connectivity index (χ0n) is 6.86. The Hall–Kier alpha value is -0.900. The highest BCUT2D eigenvalue weighted by atomic mass is 16.3. The van der Waals surface area contributed by atoms with E-state index in [0.29, 0.717) is 6.42 Å². The number of hydrogen-bond donors (Lipinski definition) is 1. The molecule has 1 atom stereocenters. The van der Waals surface area contributed by atoms with Crippen molar-refractivity contribution in [2.75, 3.05) is 0 Å². The quantitative estimate of drug-likeness (QED) is 0.679. The van der Waals surface area contributed by atoms with Crippen LogP contribution in [0.5, 0.6) is 0 Å². The summed E-state index contributed by atoms with van der Waals surface area (Å²) in [5, 5.41) is 16.7. The number of aryl methyl sites for hydroxylation is 1. The Balaban J connectivity index is 2.58. The lowest BCUT2D eigenvalue weighted by atomic mass is 10.2. The van der Waals surface area contributed by atoms with Crippen LogP contribution in [0.15, 0.2) is 6.20 Å². The van der Waals surface area contributed by atoms with Crippen LogP contribution < -0.4 is 0 Å². The number of rotatable bonds is 3. The summed E-state index contributed by atoms with van der Waals surface area (Å²) in [6.45, 7) is 4.57. The summed E-state index contributed by atoms with van der Waals surface area (Å²) in [4.78, 5) is 0. The standard InChI is InChI=1S/C7H13N3O/c1-3-10-5-7(8-9-10)4-6(2)11/h5-6,11H,3-4H2,1-2H3. The molecule has 0 saturated carbocycles. The van der Waals surface area contributed by atoms with Gasteiger partial charge < -0.3 is 5.11 Å². The van der Waals surface area contributed by atoms with Crippen LogP contribution in [-0.2, 0) is 13.0 Å². The van der Waals surface area contributed by atoms with Crippen LogP contribution >= 0.6 is 0 Å². The van der Waals surface area contributed by atoms with Gasteiger partial charge in [-0.1, -0.05) is 5.21 Å². The molecule has 62 valence electrons. The molecule has 0 aromatic carbocycles. The Labute approximate surface area is 65.8 Å². The van der Waals surface area contributed by atoms with E-state index in [2.05, 4.69) is 10.3 Å². The molecular weight excluding hydrogens is 142 g/mol. The summed E-state index contributed by atoms with van der Waals surface area (Å²) in [5.41, 5.74) is 0.849. The second-order valence-corrected chi connectivity index (χ2v) is 2.62. The van der Waals surface area contributed by atoms with E-state index in [1.54, 1.807) is 11.6 Å². The molecule has 0 aliphatic rings. The first-order valence-corrected chi connectivity index (χ1v) is 3.79. The fraction of sp³-hybridized carbons (Fsp3) is 0.714. The zero-order chi connectivity index (χ0) is 8.27. The second-order valence-electron chi connectivity index (χ2n) is 2.62. The molecule has 1 unspecified atom stereocenters. The van der Waals surface area contributed by atoms with Gasteiger partial charge in [0.15, 0.2) is 0 Å². The first kappa shape index (κ1) is 8.20. The summed E-state index contributed by atoms with van der Waals surface area (Å²) >= 11 is 0. The maximum Gasteiger partial charge on any atom is 0.0852 e. The molecule has 1 aromatic rings. The van der Waals surface area contributed by atoms with Gasteiger partial charge in [-0.05, 0) is 13.8 Å². The monoisotopic (exact) mass is 155 g/mol. The SMILES string of the molecule is CCn1cc(CC(C)O)nn1. The molecule has 0 amide bonds. The third-order valence-electron chi connectivity index (χ3n) is 1.41. The van der Waals surface area contributed by atoms with Crippen molar-refractivity contribution in [3.8, 4) is 0 Å². The number of hydrogen-bond acceptors (Lipinski definition) is 3. The Morgan fingerprint density at radius 2 is 2.45 bits per heavy atom. The van der Waals surface area contributed by atoms with Gasteiger partial charge in [-0.3, -0.25) is 4.68 Å². The molecular formula is C7H13N3O. The topological polar surface area (TPSA) is 50.9 Å². The predicted octanol–water partition coefficient (Wildman–Crippen LogP) is 0.221. The molecule has 11 heavy (non-hydrogen) atoms. The third-order valence-corrected chi connectivity index (χ3v) is 1.41. The summed E-state index contributed by atoms with van der Waals surface area (Å²) < 4.78 is 1.75. The van der Waals surface area contributed by atoms with Crippen molar-refractivity contribution >= 4 is 0 Å². The van der Waals surface area contributed by atoms with Crippen LogP contribution in [-0.4, -0.2) is 26.2 Å².